The summed E-state index contributed by atoms with van der Waals surface area (Å²) in [6.45, 7) is 2.16. The molecule has 1 atom stereocenters. The van der Waals surface area contributed by atoms with E-state index in [1.807, 2.05) is 23.7 Å². The third-order valence-corrected chi connectivity index (χ3v) is 4.57. The number of alkyl halides is 1. The minimum absolute atomic E-state index is 0.417. The van der Waals surface area contributed by atoms with Crippen LogP contribution in [0.25, 0.3) is 0 Å². The van der Waals surface area contributed by atoms with Crippen molar-refractivity contribution in [1.29, 1.82) is 0 Å². The first kappa shape index (κ1) is 10.8. The van der Waals surface area contributed by atoms with E-state index < -0.39 is 0 Å². The Balaban J connectivity index is 2.11. The molecule has 15 heavy (non-hydrogen) atoms. The quantitative estimate of drug-likeness (QED) is 0.771. The molecule has 2 aromatic heterocycles. The molecule has 0 saturated heterocycles. The van der Waals surface area contributed by atoms with Crippen LogP contribution in [0.2, 0.25) is 0 Å². The zero-order chi connectivity index (χ0) is 10.7. The lowest BCUT2D eigenvalue weighted by molar-refractivity contribution is 0.956. The minimum Gasteiger partial charge on any atom is -0.265 e. The van der Waals surface area contributed by atoms with Crippen molar-refractivity contribution in [1.82, 2.24) is 4.98 Å². The Bertz CT molecular complexity index is 424. The Morgan fingerprint density at radius 2 is 2.07 bits per heavy atom. The highest BCUT2D eigenvalue weighted by molar-refractivity contribution is 9.09. The number of nitrogens with zero attached hydrogens (tertiary/aromatic N) is 1. The summed E-state index contributed by atoms with van der Waals surface area (Å²) in [6, 6.07) is 6.30. The highest BCUT2D eigenvalue weighted by atomic mass is 79.9. The highest BCUT2D eigenvalue weighted by Crippen LogP contribution is 2.33. The summed E-state index contributed by atoms with van der Waals surface area (Å²) in [4.78, 5) is 5.86. The van der Waals surface area contributed by atoms with E-state index in [0.29, 0.717) is 4.83 Å². The Hall–Kier alpha value is -0.670. The van der Waals surface area contributed by atoms with Crippen molar-refractivity contribution in [2.24, 2.45) is 0 Å². The molecule has 0 radical (unpaired) electrons. The summed E-state index contributed by atoms with van der Waals surface area (Å²) < 4.78 is 0. The topological polar surface area (TPSA) is 12.9 Å². The Kier molecular flexibility index (Phi) is 3.54. The van der Waals surface area contributed by atoms with E-state index in [0.717, 1.165) is 6.42 Å². The molecular formula is C12H12BrNS. The maximum atomic E-state index is 4.02. The number of pyridine rings is 1. The Morgan fingerprint density at radius 1 is 1.33 bits per heavy atom. The molecule has 1 unspecified atom stereocenters. The van der Waals surface area contributed by atoms with Crippen molar-refractivity contribution in [2.75, 3.05) is 0 Å². The Morgan fingerprint density at radius 3 is 2.67 bits per heavy atom. The standard InChI is InChI=1S/C12H12BrNS/c1-9-4-7-15-12(9)11(13)8-10-2-5-14-6-3-10/h2-7,11H,8H2,1H3. The zero-order valence-electron chi connectivity index (χ0n) is 8.48. The molecule has 78 valence electrons. The van der Waals surface area contributed by atoms with Gasteiger partial charge in [-0.25, -0.2) is 0 Å². The van der Waals surface area contributed by atoms with Gasteiger partial charge in [0.05, 0.1) is 4.83 Å². The van der Waals surface area contributed by atoms with Crippen LogP contribution in [-0.2, 0) is 6.42 Å². The predicted molar refractivity (Wildman–Crippen MR) is 68.7 cm³/mol. The van der Waals surface area contributed by atoms with Gasteiger partial charge in [-0.15, -0.1) is 11.3 Å². The average Bonchev–Trinajstić information content (AvgIpc) is 2.66. The summed E-state index contributed by atoms with van der Waals surface area (Å²) in [5.74, 6) is 0. The number of thiophene rings is 1. The SMILES string of the molecule is Cc1ccsc1C(Br)Cc1ccncc1. The lowest BCUT2D eigenvalue weighted by Crippen LogP contribution is -1.94. The van der Waals surface area contributed by atoms with Crippen molar-refractivity contribution in [3.63, 3.8) is 0 Å². The average molecular weight is 282 g/mol. The molecule has 0 aromatic carbocycles. The van der Waals surface area contributed by atoms with E-state index in [2.05, 4.69) is 51.4 Å². The van der Waals surface area contributed by atoms with Crippen LogP contribution in [0.4, 0.5) is 0 Å². The van der Waals surface area contributed by atoms with Crippen LogP contribution in [0.3, 0.4) is 0 Å². The molecule has 2 aromatic rings. The molecular weight excluding hydrogens is 270 g/mol. The van der Waals surface area contributed by atoms with Crippen molar-refractivity contribution < 1.29 is 0 Å². The molecule has 0 bridgehead atoms. The summed E-state index contributed by atoms with van der Waals surface area (Å²) in [7, 11) is 0. The third-order valence-electron chi connectivity index (χ3n) is 2.35. The van der Waals surface area contributed by atoms with Crippen LogP contribution in [0.1, 0.15) is 20.8 Å². The van der Waals surface area contributed by atoms with Gasteiger partial charge in [-0.1, -0.05) is 15.9 Å². The fourth-order valence-electron chi connectivity index (χ4n) is 1.52. The fraction of sp³-hybridized carbons (Fsp3) is 0.250. The molecule has 0 amide bonds. The molecule has 3 heteroatoms. The van der Waals surface area contributed by atoms with Crippen molar-refractivity contribution in [2.45, 2.75) is 18.2 Å². The van der Waals surface area contributed by atoms with Gasteiger partial charge in [-0.2, -0.15) is 0 Å². The van der Waals surface area contributed by atoms with E-state index in [4.69, 9.17) is 0 Å². The van der Waals surface area contributed by atoms with Crippen LogP contribution < -0.4 is 0 Å². The second-order valence-electron chi connectivity index (χ2n) is 3.49. The second kappa shape index (κ2) is 4.90. The predicted octanol–water partition coefficient (Wildman–Crippen LogP) is 4.13. The molecule has 0 aliphatic rings. The van der Waals surface area contributed by atoms with E-state index in [1.54, 1.807) is 0 Å². The van der Waals surface area contributed by atoms with Crippen LogP contribution in [0.15, 0.2) is 36.0 Å². The van der Waals surface area contributed by atoms with Crippen LogP contribution in [0, 0.1) is 6.92 Å². The Labute approximate surface area is 102 Å². The van der Waals surface area contributed by atoms with Gasteiger partial charge >= 0.3 is 0 Å². The van der Waals surface area contributed by atoms with Gasteiger partial charge in [0.2, 0.25) is 0 Å². The maximum absolute atomic E-state index is 4.02. The first-order valence-electron chi connectivity index (χ1n) is 4.84. The van der Waals surface area contributed by atoms with Gasteiger partial charge in [-0.05, 0) is 48.1 Å². The van der Waals surface area contributed by atoms with E-state index in [1.165, 1.54) is 16.0 Å². The number of hydrogen-bond donors (Lipinski definition) is 0. The number of aryl methyl sites for hydroxylation is 1. The van der Waals surface area contributed by atoms with Gasteiger partial charge in [0.15, 0.2) is 0 Å². The summed E-state index contributed by atoms with van der Waals surface area (Å²) >= 11 is 5.56. The molecule has 1 nitrogen and oxygen atoms in total. The summed E-state index contributed by atoms with van der Waals surface area (Å²) in [5, 5.41) is 2.14. The molecule has 0 fully saturated rings. The largest absolute Gasteiger partial charge is 0.265 e. The molecule has 2 rings (SSSR count). The summed E-state index contributed by atoms with van der Waals surface area (Å²) in [6.07, 6.45) is 4.70. The van der Waals surface area contributed by atoms with Crippen LogP contribution in [-0.4, -0.2) is 4.98 Å². The zero-order valence-corrected chi connectivity index (χ0v) is 10.9. The van der Waals surface area contributed by atoms with E-state index in [9.17, 15) is 0 Å². The van der Waals surface area contributed by atoms with E-state index in [-0.39, 0.29) is 0 Å². The first-order valence-corrected chi connectivity index (χ1v) is 6.64. The summed E-state index contributed by atoms with van der Waals surface area (Å²) in [5.41, 5.74) is 2.69. The fourth-order valence-corrected chi connectivity index (χ4v) is 3.49. The van der Waals surface area contributed by atoms with Crippen LogP contribution in [0.5, 0.6) is 0 Å². The lowest BCUT2D eigenvalue weighted by atomic mass is 10.1. The van der Waals surface area contributed by atoms with Gasteiger partial charge in [-0.3, -0.25) is 4.98 Å². The normalized spacial score (nSPS) is 12.7. The molecule has 0 aliphatic heterocycles. The third kappa shape index (κ3) is 2.67. The number of halogens is 1. The maximum Gasteiger partial charge on any atom is 0.0532 e. The monoisotopic (exact) mass is 281 g/mol. The molecule has 0 N–H and O–H groups in total. The number of aromatic nitrogens is 1. The number of rotatable bonds is 3. The molecule has 0 spiro atoms. The van der Waals surface area contributed by atoms with Crippen molar-refractivity contribution in [3.05, 3.63) is 52.0 Å². The highest BCUT2D eigenvalue weighted by Gasteiger charge is 2.11. The van der Waals surface area contributed by atoms with Crippen LogP contribution >= 0.6 is 27.3 Å². The van der Waals surface area contributed by atoms with Crippen molar-refractivity contribution >= 4 is 27.3 Å². The van der Waals surface area contributed by atoms with Crippen molar-refractivity contribution in [3.8, 4) is 0 Å². The van der Waals surface area contributed by atoms with Gasteiger partial charge in [0.25, 0.3) is 0 Å². The second-order valence-corrected chi connectivity index (χ2v) is 5.55. The molecule has 0 aliphatic carbocycles. The lowest BCUT2D eigenvalue weighted by Gasteiger charge is -2.08. The van der Waals surface area contributed by atoms with Gasteiger partial charge in [0.1, 0.15) is 0 Å². The van der Waals surface area contributed by atoms with Gasteiger partial charge < -0.3 is 0 Å². The first-order chi connectivity index (χ1) is 7.27. The van der Waals surface area contributed by atoms with E-state index >= 15 is 0 Å². The molecule has 0 saturated carbocycles. The van der Waals surface area contributed by atoms with Gasteiger partial charge in [0, 0.05) is 17.3 Å². The molecule has 2 heterocycles. The minimum atomic E-state index is 0.417. The number of hydrogen-bond acceptors (Lipinski definition) is 2. The smallest absolute Gasteiger partial charge is 0.0532 e.